The van der Waals surface area contributed by atoms with Crippen LogP contribution in [0.1, 0.15) is 51.9 Å². The minimum absolute atomic E-state index is 0.446. The highest BCUT2D eigenvalue weighted by atomic mass is 16.5. The molecular formula is C16H32N2O. The van der Waals surface area contributed by atoms with Gasteiger partial charge in [0.1, 0.15) is 0 Å². The summed E-state index contributed by atoms with van der Waals surface area (Å²) in [6, 6.07) is 0.604. The van der Waals surface area contributed by atoms with Crippen LogP contribution in [0.5, 0.6) is 0 Å². The van der Waals surface area contributed by atoms with Crippen LogP contribution in [0.25, 0.3) is 0 Å². The van der Waals surface area contributed by atoms with E-state index in [1.807, 2.05) is 7.11 Å². The predicted molar refractivity (Wildman–Crippen MR) is 80.5 cm³/mol. The summed E-state index contributed by atoms with van der Waals surface area (Å²) in [7, 11) is 1.83. The van der Waals surface area contributed by atoms with Crippen LogP contribution in [0.15, 0.2) is 0 Å². The zero-order valence-electron chi connectivity index (χ0n) is 12.9. The smallest absolute Gasteiger partial charge is 0.0530 e. The Kier molecular flexibility index (Phi) is 6.11. The second-order valence-electron chi connectivity index (χ2n) is 6.78. The first-order valence-electron chi connectivity index (χ1n) is 8.19. The maximum Gasteiger partial charge on any atom is 0.0530 e. The molecule has 0 amide bonds. The first kappa shape index (κ1) is 15.3. The predicted octanol–water partition coefficient (Wildman–Crippen LogP) is 2.66. The van der Waals surface area contributed by atoms with E-state index in [-0.39, 0.29) is 0 Å². The SMILES string of the molecule is COCC1(CNC(C)CN2CCCCCC2)CCC1. The molecule has 3 heteroatoms. The van der Waals surface area contributed by atoms with Gasteiger partial charge in [0.05, 0.1) is 6.61 Å². The van der Waals surface area contributed by atoms with Crippen molar-refractivity contribution in [2.45, 2.75) is 57.9 Å². The van der Waals surface area contributed by atoms with Gasteiger partial charge in [-0.2, -0.15) is 0 Å². The van der Waals surface area contributed by atoms with Crippen LogP contribution in [-0.4, -0.2) is 50.8 Å². The molecule has 19 heavy (non-hydrogen) atoms. The number of hydrogen-bond donors (Lipinski definition) is 1. The molecule has 0 spiro atoms. The monoisotopic (exact) mass is 268 g/mol. The second-order valence-corrected chi connectivity index (χ2v) is 6.78. The Balaban J connectivity index is 1.67. The summed E-state index contributed by atoms with van der Waals surface area (Å²) in [5.74, 6) is 0. The number of methoxy groups -OCH3 is 1. The second kappa shape index (κ2) is 7.61. The van der Waals surface area contributed by atoms with Crippen LogP contribution < -0.4 is 5.32 Å². The number of rotatable bonds is 7. The van der Waals surface area contributed by atoms with Crippen LogP contribution in [0.2, 0.25) is 0 Å². The van der Waals surface area contributed by atoms with Crippen LogP contribution in [0.4, 0.5) is 0 Å². The van der Waals surface area contributed by atoms with Crippen molar-refractivity contribution >= 4 is 0 Å². The van der Waals surface area contributed by atoms with Crippen LogP contribution in [0.3, 0.4) is 0 Å². The largest absolute Gasteiger partial charge is 0.384 e. The van der Waals surface area contributed by atoms with E-state index in [9.17, 15) is 0 Å². The Hall–Kier alpha value is -0.120. The first-order chi connectivity index (χ1) is 9.24. The molecule has 0 aromatic carbocycles. The molecule has 0 radical (unpaired) electrons. The maximum atomic E-state index is 5.40. The zero-order chi connectivity index (χ0) is 13.6. The molecule has 112 valence electrons. The lowest BCUT2D eigenvalue weighted by atomic mass is 9.69. The van der Waals surface area contributed by atoms with Gasteiger partial charge < -0.3 is 15.0 Å². The Morgan fingerprint density at radius 3 is 2.32 bits per heavy atom. The van der Waals surface area contributed by atoms with Crippen LogP contribution in [0, 0.1) is 5.41 Å². The van der Waals surface area contributed by atoms with E-state index in [0.29, 0.717) is 11.5 Å². The minimum atomic E-state index is 0.446. The van der Waals surface area contributed by atoms with Gasteiger partial charge in [-0.05, 0) is 45.7 Å². The van der Waals surface area contributed by atoms with E-state index >= 15 is 0 Å². The molecule has 1 saturated carbocycles. The van der Waals surface area contributed by atoms with Gasteiger partial charge in [-0.3, -0.25) is 0 Å². The van der Waals surface area contributed by atoms with Crippen molar-refractivity contribution in [3.63, 3.8) is 0 Å². The number of nitrogens with zero attached hydrogens (tertiary/aromatic N) is 1. The summed E-state index contributed by atoms with van der Waals surface area (Å²) in [6.07, 6.45) is 9.69. The molecule has 0 aromatic heterocycles. The molecule has 2 rings (SSSR count). The topological polar surface area (TPSA) is 24.5 Å². The van der Waals surface area contributed by atoms with E-state index in [1.54, 1.807) is 0 Å². The van der Waals surface area contributed by atoms with E-state index < -0.39 is 0 Å². The highest BCUT2D eigenvalue weighted by molar-refractivity contribution is 4.90. The number of likely N-dealkylation sites (tertiary alicyclic amines) is 1. The highest BCUT2D eigenvalue weighted by Gasteiger charge is 2.36. The summed E-state index contributed by atoms with van der Waals surface area (Å²) in [6.45, 7) is 8.21. The minimum Gasteiger partial charge on any atom is -0.384 e. The van der Waals surface area contributed by atoms with Gasteiger partial charge in [0, 0.05) is 31.7 Å². The summed E-state index contributed by atoms with van der Waals surface area (Å²) >= 11 is 0. The van der Waals surface area contributed by atoms with Crippen molar-refractivity contribution in [3.05, 3.63) is 0 Å². The molecule has 1 saturated heterocycles. The lowest BCUT2D eigenvalue weighted by Crippen LogP contribution is -2.48. The van der Waals surface area contributed by atoms with Crippen molar-refractivity contribution in [1.82, 2.24) is 10.2 Å². The molecular weight excluding hydrogens is 236 g/mol. The third-order valence-corrected chi connectivity index (χ3v) is 4.92. The van der Waals surface area contributed by atoms with Crippen LogP contribution >= 0.6 is 0 Å². The first-order valence-corrected chi connectivity index (χ1v) is 8.19. The molecule has 0 aromatic rings. The standard InChI is InChI=1S/C16H32N2O/c1-15(12-18-10-5-3-4-6-11-18)17-13-16(14-19-2)8-7-9-16/h15,17H,3-14H2,1-2H3. The average Bonchev–Trinajstić information content (AvgIpc) is 2.61. The molecule has 1 aliphatic carbocycles. The van der Waals surface area contributed by atoms with Gasteiger partial charge in [-0.25, -0.2) is 0 Å². The summed E-state index contributed by atoms with van der Waals surface area (Å²) in [5.41, 5.74) is 0.446. The zero-order valence-corrected chi connectivity index (χ0v) is 12.9. The fraction of sp³-hybridized carbons (Fsp3) is 1.00. The highest BCUT2D eigenvalue weighted by Crippen LogP contribution is 2.40. The van der Waals surface area contributed by atoms with E-state index in [4.69, 9.17) is 4.74 Å². The molecule has 1 aliphatic heterocycles. The summed E-state index contributed by atoms with van der Waals surface area (Å²) in [4.78, 5) is 2.65. The summed E-state index contributed by atoms with van der Waals surface area (Å²) < 4.78 is 5.40. The molecule has 1 unspecified atom stereocenters. The Bertz CT molecular complexity index is 245. The van der Waals surface area contributed by atoms with Crippen molar-refractivity contribution in [1.29, 1.82) is 0 Å². The van der Waals surface area contributed by atoms with Gasteiger partial charge in [-0.1, -0.05) is 19.3 Å². The molecule has 2 fully saturated rings. The number of ether oxygens (including phenoxy) is 1. The van der Waals surface area contributed by atoms with Gasteiger partial charge in [0.15, 0.2) is 0 Å². The normalized spacial score (nSPS) is 25.6. The van der Waals surface area contributed by atoms with Crippen molar-refractivity contribution in [2.24, 2.45) is 5.41 Å². The van der Waals surface area contributed by atoms with Crippen LogP contribution in [-0.2, 0) is 4.74 Å². The van der Waals surface area contributed by atoms with Gasteiger partial charge >= 0.3 is 0 Å². The maximum absolute atomic E-state index is 5.40. The summed E-state index contributed by atoms with van der Waals surface area (Å²) in [5, 5.41) is 3.76. The van der Waals surface area contributed by atoms with E-state index in [1.165, 1.54) is 64.6 Å². The molecule has 2 aliphatic rings. The third-order valence-electron chi connectivity index (χ3n) is 4.92. The fourth-order valence-corrected chi connectivity index (χ4v) is 3.52. The Morgan fingerprint density at radius 2 is 1.79 bits per heavy atom. The van der Waals surface area contributed by atoms with Crippen molar-refractivity contribution in [3.8, 4) is 0 Å². The molecule has 1 atom stereocenters. The molecule has 1 N–H and O–H groups in total. The fourth-order valence-electron chi connectivity index (χ4n) is 3.52. The van der Waals surface area contributed by atoms with E-state index in [0.717, 1.165) is 13.2 Å². The molecule has 3 nitrogen and oxygen atoms in total. The molecule has 0 bridgehead atoms. The average molecular weight is 268 g/mol. The lowest BCUT2D eigenvalue weighted by molar-refractivity contribution is 0.0154. The van der Waals surface area contributed by atoms with Crippen molar-refractivity contribution in [2.75, 3.05) is 39.9 Å². The van der Waals surface area contributed by atoms with Crippen molar-refractivity contribution < 1.29 is 4.74 Å². The number of hydrogen-bond acceptors (Lipinski definition) is 3. The van der Waals surface area contributed by atoms with E-state index in [2.05, 4.69) is 17.1 Å². The lowest BCUT2D eigenvalue weighted by Gasteiger charge is -2.42. The third kappa shape index (κ3) is 4.73. The van der Waals surface area contributed by atoms with Gasteiger partial charge in [0.2, 0.25) is 0 Å². The van der Waals surface area contributed by atoms with Gasteiger partial charge in [-0.15, -0.1) is 0 Å². The van der Waals surface area contributed by atoms with Gasteiger partial charge in [0.25, 0.3) is 0 Å². The molecule has 1 heterocycles. The Morgan fingerprint density at radius 1 is 1.11 bits per heavy atom. The Labute approximate surface area is 119 Å². The quantitative estimate of drug-likeness (QED) is 0.768. The number of nitrogens with one attached hydrogen (secondary N) is 1.